The number of para-hydroxylation sites is 1. The lowest BCUT2D eigenvalue weighted by molar-refractivity contribution is -0.121. The Morgan fingerprint density at radius 2 is 1.70 bits per heavy atom. The number of hydrogen-bond donors (Lipinski definition) is 3. The summed E-state index contributed by atoms with van der Waals surface area (Å²) >= 11 is 5.27. The van der Waals surface area contributed by atoms with Crippen molar-refractivity contribution in [3.63, 3.8) is 0 Å². The van der Waals surface area contributed by atoms with Gasteiger partial charge in [0.1, 0.15) is 0 Å². The Morgan fingerprint density at radius 3 is 2.33 bits per heavy atom. The summed E-state index contributed by atoms with van der Waals surface area (Å²) in [6.07, 6.45) is 0.212. The van der Waals surface area contributed by atoms with Crippen molar-refractivity contribution in [2.75, 3.05) is 5.32 Å². The number of carbonyl (C=O) groups excluding carboxylic acids is 1. The number of nitrogens with zero attached hydrogens (tertiary/aromatic N) is 2. The van der Waals surface area contributed by atoms with Gasteiger partial charge >= 0.3 is 0 Å². The molecule has 0 aliphatic heterocycles. The molecule has 7 heteroatoms. The Kier molecular flexibility index (Phi) is 6.84. The average molecular weight is 422 g/mol. The van der Waals surface area contributed by atoms with Gasteiger partial charge in [-0.25, -0.2) is 4.68 Å². The molecule has 6 nitrogen and oxygen atoms in total. The van der Waals surface area contributed by atoms with E-state index in [1.165, 1.54) is 5.56 Å². The molecule has 1 amide bonds. The van der Waals surface area contributed by atoms with Crippen LogP contribution in [0.3, 0.4) is 0 Å². The van der Waals surface area contributed by atoms with Crippen LogP contribution in [0.4, 0.5) is 5.69 Å². The van der Waals surface area contributed by atoms with Crippen LogP contribution in [0.25, 0.3) is 5.69 Å². The van der Waals surface area contributed by atoms with Crippen LogP contribution in [-0.2, 0) is 11.2 Å². The summed E-state index contributed by atoms with van der Waals surface area (Å²) in [5.74, 6) is 0.287. The van der Waals surface area contributed by atoms with Crippen molar-refractivity contribution in [3.8, 4) is 5.69 Å². The summed E-state index contributed by atoms with van der Waals surface area (Å²) < 4.78 is 1.86. The van der Waals surface area contributed by atoms with Crippen LogP contribution in [0.5, 0.6) is 0 Å². The lowest BCUT2D eigenvalue weighted by Crippen LogP contribution is -2.44. The standard InChI is InChI=1S/C23H27N5OS/c1-15(2)18-10-12-19(13-11-18)24-23(30)26-25-22(29)14-21-16(3)27-28(17(21)4)20-8-6-5-7-9-20/h5-13,15H,14H2,1-4H3,(H,25,29)(H2,24,26,30). The van der Waals surface area contributed by atoms with Gasteiger partial charge in [0.05, 0.1) is 17.8 Å². The molecule has 2 aromatic carbocycles. The number of hydrogen-bond acceptors (Lipinski definition) is 3. The van der Waals surface area contributed by atoms with Crippen LogP contribution in [0, 0.1) is 13.8 Å². The van der Waals surface area contributed by atoms with Crippen molar-refractivity contribution >= 4 is 28.9 Å². The van der Waals surface area contributed by atoms with Crippen LogP contribution >= 0.6 is 12.2 Å². The maximum Gasteiger partial charge on any atom is 0.242 e. The molecular weight excluding hydrogens is 394 g/mol. The molecular formula is C23H27N5OS. The first-order chi connectivity index (χ1) is 14.3. The second kappa shape index (κ2) is 9.54. The average Bonchev–Trinajstić information content (AvgIpc) is 3.01. The van der Waals surface area contributed by atoms with E-state index in [0.29, 0.717) is 11.0 Å². The number of rotatable bonds is 5. The minimum Gasteiger partial charge on any atom is -0.331 e. The monoisotopic (exact) mass is 421 g/mol. The second-order valence-electron chi connectivity index (χ2n) is 7.48. The molecule has 0 unspecified atom stereocenters. The summed E-state index contributed by atoms with van der Waals surface area (Å²) in [5.41, 5.74) is 11.2. The molecule has 0 bridgehead atoms. The molecule has 0 atom stereocenters. The summed E-state index contributed by atoms with van der Waals surface area (Å²) in [4.78, 5) is 12.4. The summed E-state index contributed by atoms with van der Waals surface area (Å²) in [6.45, 7) is 8.18. The normalized spacial score (nSPS) is 10.7. The molecule has 0 radical (unpaired) electrons. The first kappa shape index (κ1) is 21.5. The lowest BCUT2D eigenvalue weighted by Gasteiger charge is -2.13. The van der Waals surface area contributed by atoms with Gasteiger partial charge in [-0.15, -0.1) is 0 Å². The molecule has 0 saturated heterocycles. The van der Waals surface area contributed by atoms with E-state index in [4.69, 9.17) is 12.2 Å². The minimum atomic E-state index is -0.187. The van der Waals surface area contributed by atoms with Crippen LogP contribution in [0.1, 0.15) is 42.3 Å². The van der Waals surface area contributed by atoms with Crippen molar-refractivity contribution < 1.29 is 4.79 Å². The molecule has 1 aromatic heterocycles. The zero-order valence-electron chi connectivity index (χ0n) is 17.7. The Bertz CT molecular complexity index is 1030. The summed E-state index contributed by atoms with van der Waals surface area (Å²) in [7, 11) is 0. The lowest BCUT2D eigenvalue weighted by atomic mass is 10.0. The predicted octanol–water partition coefficient (Wildman–Crippen LogP) is 4.17. The molecule has 3 N–H and O–H groups in total. The highest BCUT2D eigenvalue weighted by Crippen LogP contribution is 2.19. The summed E-state index contributed by atoms with van der Waals surface area (Å²) in [6, 6.07) is 17.9. The summed E-state index contributed by atoms with van der Waals surface area (Å²) in [5, 5.41) is 7.97. The largest absolute Gasteiger partial charge is 0.331 e. The van der Waals surface area contributed by atoms with Gasteiger partial charge < -0.3 is 5.32 Å². The fourth-order valence-corrected chi connectivity index (χ4v) is 3.37. The number of benzene rings is 2. The third-order valence-corrected chi connectivity index (χ3v) is 5.13. The zero-order chi connectivity index (χ0) is 21.7. The van der Waals surface area contributed by atoms with Gasteiger partial charge in [0.25, 0.3) is 0 Å². The van der Waals surface area contributed by atoms with Gasteiger partial charge in [-0.1, -0.05) is 44.2 Å². The number of amides is 1. The molecule has 3 rings (SSSR count). The quantitative estimate of drug-likeness (QED) is 0.426. The number of thiocarbonyl (C=S) groups is 1. The number of nitrogens with one attached hydrogen (secondary N) is 3. The Morgan fingerprint density at radius 1 is 1.03 bits per heavy atom. The maximum absolute atomic E-state index is 12.4. The molecule has 0 spiro atoms. The van der Waals surface area contributed by atoms with Gasteiger partial charge in [-0.3, -0.25) is 15.6 Å². The van der Waals surface area contributed by atoms with Gasteiger partial charge in [0, 0.05) is 16.9 Å². The smallest absolute Gasteiger partial charge is 0.242 e. The first-order valence-electron chi connectivity index (χ1n) is 9.91. The number of hydrazine groups is 1. The molecule has 0 fully saturated rings. The van der Waals surface area contributed by atoms with E-state index in [9.17, 15) is 4.79 Å². The van der Waals surface area contributed by atoms with E-state index >= 15 is 0 Å². The van der Waals surface area contributed by atoms with Gasteiger partial charge in [-0.05, 0) is 61.8 Å². The molecule has 156 valence electrons. The third kappa shape index (κ3) is 5.24. The fraction of sp³-hybridized carbons (Fsp3) is 0.261. The Hall–Kier alpha value is -3.19. The van der Waals surface area contributed by atoms with E-state index in [1.807, 2.05) is 61.0 Å². The molecule has 3 aromatic rings. The van der Waals surface area contributed by atoms with Gasteiger partial charge in [0.15, 0.2) is 5.11 Å². The van der Waals surface area contributed by atoms with E-state index in [0.717, 1.165) is 28.3 Å². The van der Waals surface area contributed by atoms with E-state index in [2.05, 4.69) is 47.2 Å². The molecule has 0 saturated carbocycles. The number of anilines is 1. The second-order valence-corrected chi connectivity index (χ2v) is 7.89. The van der Waals surface area contributed by atoms with Crippen LogP contribution in [0.2, 0.25) is 0 Å². The van der Waals surface area contributed by atoms with Crippen LogP contribution in [-0.4, -0.2) is 20.8 Å². The van der Waals surface area contributed by atoms with Crippen molar-refractivity contribution in [2.45, 2.75) is 40.0 Å². The van der Waals surface area contributed by atoms with Crippen LogP contribution < -0.4 is 16.2 Å². The highest BCUT2D eigenvalue weighted by molar-refractivity contribution is 7.80. The van der Waals surface area contributed by atoms with Crippen molar-refractivity contribution in [3.05, 3.63) is 77.1 Å². The third-order valence-electron chi connectivity index (χ3n) is 4.93. The highest BCUT2D eigenvalue weighted by atomic mass is 32.1. The Balaban J connectivity index is 1.56. The van der Waals surface area contributed by atoms with Crippen LogP contribution in [0.15, 0.2) is 54.6 Å². The number of carbonyl (C=O) groups is 1. The topological polar surface area (TPSA) is 71.0 Å². The maximum atomic E-state index is 12.4. The molecule has 0 aliphatic carbocycles. The van der Waals surface area contributed by atoms with E-state index < -0.39 is 0 Å². The van der Waals surface area contributed by atoms with E-state index in [1.54, 1.807) is 0 Å². The van der Waals surface area contributed by atoms with Crippen molar-refractivity contribution in [2.24, 2.45) is 0 Å². The SMILES string of the molecule is Cc1nn(-c2ccccc2)c(C)c1CC(=O)NNC(=S)Nc1ccc(C(C)C)cc1. The highest BCUT2D eigenvalue weighted by Gasteiger charge is 2.16. The van der Waals surface area contributed by atoms with Crippen molar-refractivity contribution in [1.82, 2.24) is 20.6 Å². The predicted molar refractivity (Wildman–Crippen MR) is 125 cm³/mol. The Labute approximate surface area is 182 Å². The molecule has 0 aliphatic rings. The van der Waals surface area contributed by atoms with E-state index in [-0.39, 0.29) is 12.3 Å². The minimum absolute atomic E-state index is 0.187. The fourth-order valence-electron chi connectivity index (χ4n) is 3.20. The first-order valence-corrected chi connectivity index (χ1v) is 10.3. The molecule has 1 heterocycles. The zero-order valence-corrected chi connectivity index (χ0v) is 18.5. The van der Waals surface area contributed by atoms with Crippen molar-refractivity contribution in [1.29, 1.82) is 0 Å². The number of aromatic nitrogens is 2. The molecule has 30 heavy (non-hydrogen) atoms. The number of aryl methyl sites for hydroxylation is 1. The van der Waals surface area contributed by atoms with Gasteiger partial charge in [-0.2, -0.15) is 5.10 Å². The van der Waals surface area contributed by atoms with Gasteiger partial charge in [0.2, 0.25) is 5.91 Å².